The molecule has 1 N–H and O–H groups in total. The number of rotatable bonds is 6. The molecular weight excluding hydrogens is 344 g/mol. The lowest BCUT2D eigenvalue weighted by atomic mass is 10.1. The van der Waals surface area contributed by atoms with E-state index in [0.717, 1.165) is 29.3 Å². The highest BCUT2D eigenvalue weighted by atomic mass is 32.1. The standard InChI is InChI=1S/C21H18N2O2S/c1-24-19-9-7-16(20-13-22-14-25-20)11-18(19)23-12-17-8-10-21(26-17)15-5-3-2-4-6-15/h2-11,13-14,23H,12H2,1H3. The fourth-order valence-electron chi connectivity index (χ4n) is 2.77. The van der Waals surface area contributed by atoms with E-state index in [1.165, 1.54) is 21.7 Å². The van der Waals surface area contributed by atoms with Crippen LogP contribution in [0.2, 0.25) is 0 Å². The third-order valence-electron chi connectivity index (χ3n) is 4.09. The molecule has 0 amide bonds. The Balaban J connectivity index is 1.52. The summed E-state index contributed by atoms with van der Waals surface area (Å²) in [4.78, 5) is 6.51. The maximum Gasteiger partial charge on any atom is 0.181 e. The highest BCUT2D eigenvalue weighted by Crippen LogP contribution is 2.32. The first-order valence-electron chi connectivity index (χ1n) is 8.28. The smallest absolute Gasteiger partial charge is 0.181 e. The number of aromatic nitrogens is 1. The number of nitrogens with zero attached hydrogens (tertiary/aromatic N) is 1. The van der Waals surface area contributed by atoms with E-state index >= 15 is 0 Å². The van der Waals surface area contributed by atoms with E-state index in [1.54, 1.807) is 24.6 Å². The molecule has 0 bridgehead atoms. The van der Waals surface area contributed by atoms with E-state index in [1.807, 2.05) is 24.3 Å². The van der Waals surface area contributed by atoms with E-state index in [-0.39, 0.29) is 0 Å². The van der Waals surface area contributed by atoms with Crippen molar-refractivity contribution in [2.75, 3.05) is 12.4 Å². The fraction of sp³-hybridized carbons (Fsp3) is 0.0952. The Labute approximate surface area is 156 Å². The molecule has 0 fully saturated rings. The largest absolute Gasteiger partial charge is 0.495 e. The molecule has 0 unspecified atom stereocenters. The van der Waals surface area contributed by atoms with Crippen LogP contribution >= 0.6 is 11.3 Å². The van der Waals surface area contributed by atoms with Crippen LogP contribution in [0.15, 0.2) is 77.7 Å². The Morgan fingerprint density at radius 1 is 1.04 bits per heavy atom. The van der Waals surface area contributed by atoms with Gasteiger partial charge in [-0.25, -0.2) is 4.98 Å². The summed E-state index contributed by atoms with van der Waals surface area (Å²) in [5, 5.41) is 3.47. The van der Waals surface area contributed by atoms with Gasteiger partial charge in [0.1, 0.15) is 5.75 Å². The Bertz CT molecular complexity index is 978. The summed E-state index contributed by atoms with van der Waals surface area (Å²) in [5.41, 5.74) is 3.13. The Morgan fingerprint density at radius 2 is 1.92 bits per heavy atom. The molecule has 2 heterocycles. The summed E-state index contributed by atoms with van der Waals surface area (Å²) in [6, 6.07) is 20.7. The number of hydrogen-bond acceptors (Lipinski definition) is 5. The number of nitrogens with one attached hydrogen (secondary N) is 1. The Hall–Kier alpha value is -3.05. The number of ether oxygens (including phenoxy) is 1. The van der Waals surface area contributed by atoms with Crippen molar-refractivity contribution in [2.24, 2.45) is 0 Å². The topological polar surface area (TPSA) is 47.3 Å². The van der Waals surface area contributed by atoms with Gasteiger partial charge < -0.3 is 14.5 Å². The second kappa shape index (κ2) is 7.45. The van der Waals surface area contributed by atoms with Gasteiger partial charge in [0.2, 0.25) is 0 Å². The molecule has 0 atom stereocenters. The highest BCUT2D eigenvalue weighted by molar-refractivity contribution is 7.15. The predicted molar refractivity (Wildman–Crippen MR) is 106 cm³/mol. The first-order valence-corrected chi connectivity index (χ1v) is 9.10. The lowest BCUT2D eigenvalue weighted by Crippen LogP contribution is -2.00. The lowest BCUT2D eigenvalue weighted by Gasteiger charge is -2.11. The number of thiophene rings is 1. The molecule has 4 rings (SSSR count). The van der Waals surface area contributed by atoms with Crippen molar-refractivity contribution in [2.45, 2.75) is 6.54 Å². The van der Waals surface area contributed by atoms with Crippen molar-refractivity contribution in [3.05, 3.63) is 78.1 Å². The maximum absolute atomic E-state index is 5.48. The number of benzene rings is 2. The SMILES string of the molecule is COc1ccc(-c2cnco2)cc1NCc1ccc(-c2ccccc2)s1. The highest BCUT2D eigenvalue weighted by Gasteiger charge is 2.09. The van der Waals surface area contributed by atoms with Crippen molar-refractivity contribution in [3.63, 3.8) is 0 Å². The van der Waals surface area contributed by atoms with Crippen LogP contribution in [0.3, 0.4) is 0 Å². The van der Waals surface area contributed by atoms with Crippen molar-refractivity contribution >= 4 is 17.0 Å². The van der Waals surface area contributed by atoms with Crippen molar-refractivity contribution in [1.82, 2.24) is 4.98 Å². The van der Waals surface area contributed by atoms with Crippen LogP contribution in [0.4, 0.5) is 5.69 Å². The first kappa shape index (κ1) is 16.4. The molecule has 26 heavy (non-hydrogen) atoms. The van der Waals surface area contributed by atoms with Crippen molar-refractivity contribution < 1.29 is 9.15 Å². The predicted octanol–water partition coefficient (Wildman–Crippen LogP) is 5.69. The van der Waals surface area contributed by atoms with Crippen LogP contribution in [0.5, 0.6) is 5.75 Å². The zero-order valence-electron chi connectivity index (χ0n) is 14.3. The van der Waals surface area contributed by atoms with Crippen molar-refractivity contribution in [3.8, 4) is 27.5 Å². The van der Waals surface area contributed by atoms with Gasteiger partial charge in [0.05, 0.1) is 19.0 Å². The van der Waals surface area contributed by atoms with Gasteiger partial charge >= 0.3 is 0 Å². The molecule has 5 heteroatoms. The van der Waals surface area contributed by atoms with E-state index in [2.05, 4.69) is 46.7 Å². The monoisotopic (exact) mass is 362 g/mol. The number of hydrogen-bond donors (Lipinski definition) is 1. The third-order valence-corrected chi connectivity index (χ3v) is 5.22. The summed E-state index contributed by atoms with van der Waals surface area (Å²) in [5.74, 6) is 1.53. The minimum atomic E-state index is 0.730. The molecular formula is C21H18N2O2S. The summed E-state index contributed by atoms with van der Waals surface area (Å²) in [7, 11) is 1.67. The number of anilines is 1. The molecule has 0 aliphatic rings. The van der Waals surface area contributed by atoms with Gasteiger partial charge in [0.25, 0.3) is 0 Å². The Kier molecular flexibility index (Phi) is 4.71. The van der Waals surface area contributed by atoms with Crippen LogP contribution in [-0.2, 0) is 6.54 Å². The Morgan fingerprint density at radius 3 is 2.69 bits per heavy atom. The molecule has 4 nitrogen and oxygen atoms in total. The van der Waals surface area contributed by atoms with Crippen LogP contribution < -0.4 is 10.1 Å². The number of methoxy groups -OCH3 is 1. The molecule has 4 aromatic rings. The maximum atomic E-state index is 5.48. The van der Waals surface area contributed by atoms with Gasteiger partial charge in [-0.1, -0.05) is 30.3 Å². The summed E-state index contributed by atoms with van der Waals surface area (Å²) < 4.78 is 10.9. The van der Waals surface area contributed by atoms with Gasteiger partial charge in [-0.2, -0.15) is 0 Å². The second-order valence-electron chi connectivity index (χ2n) is 5.77. The van der Waals surface area contributed by atoms with E-state index in [0.29, 0.717) is 0 Å². The molecule has 2 aromatic heterocycles. The van der Waals surface area contributed by atoms with Gasteiger partial charge in [-0.15, -0.1) is 11.3 Å². The lowest BCUT2D eigenvalue weighted by molar-refractivity contribution is 0.416. The molecule has 0 radical (unpaired) electrons. The normalized spacial score (nSPS) is 10.7. The molecule has 130 valence electrons. The zero-order valence-corrected chi connectivity index (χ0v) is 15.1. The molecule has 0 spiro atoms. The number of oxazole rings is 1. The van der Waals surface area contributed by atoms with Crippen LogP contribution in [0, 0.1) is 0 Å². The van der Waals surface area contributed by atoms with Crippen LogP contribution in [-0.4, -0.2) is 12.1 Å². The zero-order chi connectivity index (χ0) is 17.8. The van der Waals surface area contributed by atoms with E-state index < -0.39 is 0 Å². The third kappa shape index (κ3) is 3.48. The average molecular weight is 362 g/mol. The van der Waals surface area contributed by atoms with Gasteiger partial charge in [-0.3, -0.25) is 0 Å². The molecule has 0 saturated carbocycles. The van der Waals surface area contributed by atoms with Gasteiger partial charge in [0.15, 0.2) is 12.2 Å². The minimum Gasteiger partial charge on any atom is -0.495 e. The molecule has 0 aliphatic carbocycles. The first-order chi connectivity index (χ1) is 12.8. The molecule has 0 saturated heterocycles. The molecule has 0 aliphatic heterocycles. The summed E-state index contributed by atoms with van der Waals surface area (Å²) in [6.07, 6.45) is 3.14. The molecule has 2 aromatic carbocycles. The van der Waals surface area contributed by atoms with Crippen LogP contribution in [0.1, 0.15) is 4.88 Å². The van der Waals surface area contributed by atoms with E-state index in [4.69, 9.17) is 9.15 Å². The van der Waals surface area contributed by atoms with Crippen molar-refractivity contribution in [1.29, 1.82) is 0 Å². The quantitative estimate of drug-likeness (QED) is 0.478. The minimum absolute atomic E-state index is 0.730. The summed E-state index contributed by atoms with van der Waals surface area (Å²) >= 11 is 1.79. The van der Waals surface area contributed by atoms with E-state index in [9.17, 15) is 0 Å². The van der Waals surface area contributed by atoms with Crippen LogP contribution in [0.25, 0.3) is 21.8 Å². The second-order valence-corrected chi connectivity index (χ2v) is 6.93. The summed E-state index contributed by atoms with van der Waals surface area (Å²) in [6.45, 7) is 0.730. The van der Waals surface area contributed by atoms with Gasteiger partial charge in [-0.05, 0) is 35.9 Å². The van der Waals surface area contributed by atoms with Gasteiger partial charge in [0, 0.05) is 21.9 Å². The average Bonchev–Trinajstić information content (AvgIpc) is 3.39. The fourth-order valence-corrected chi connectivity index (χ4v) is 3.72.